The van der Waals surface area contributed by atoms with Crippen LogP contribution in [0.25, 0.3) is 11.1 Å². The number of hydrogen-bond acceptors (Lipinski definition) is 0. The maximum absolute atomic E-state index is 2.41. The lowest BCUT2D eigenvalue weighted by Gasteiger charge is -2.47. The van der Waals surface area contributed by atoms with Crippen LogP contribution in [-0.4, -0.2) is 0 Å². The fourth-order valence-electron chi connectivity index (χ4n) is 8.05. The Labute approximate surface area is 222 Å². The van der Waals surface area contributed by atoms with Gasteiger partial charge >= 0.3 is 0 Å². The van der Waals surface area contributed by atoms with E-state index in [0.717, 1.165) is 12.3 Å². The van der Waals surface area contributed by atoms with Crippen LogP contribution >= 0.6 is 0 Å². The highest BCUT2D eigenvalue weighted by Crippen LogP contribution is 2.60. The van der Waals surface area contributed by atoms with E-state index in [0.29, 0.717) is 10.8 Å². The van der Waals surface area contributed by atoms with Gasteiger partial charge in [-0.1, -0.05) is 52.3 Å². The van der Waals surface area contributed by atoms with Crippen LogP contribution in [0.1, 0.15) is 110 Å². The third-order valence-electron chi connectivity index (χ3n) is 10.9. The molecule has 0 saturated heterocycles. The third-order valence-corrected chi connectivity index (χ3v) is 10.9. The monoisotopic (exact) mass is 482 g/mol. The van der Waals surface area contributed by atoms with Gasteiger partial charge in [-0.3, -0.25) is 0 Å². The second-order valence-electron chi connectivity index (χ2n) is 13.4. The molecule has 2 aromatic carbocycles. The molecule has 1 atom stereocenters. The maximum Gasteiger partial charge on any atom is 0.00270 e. The Hall–Kier alpha value is -2.08. The van der Waals surface area contributed by atoms with Crippen LogP contribution in [0, 0.1) is 72.1 Å². The van der Waals surface area contributed by atoms with Gasteiger partial charge in [0.05, 0.1) is 0 Å². The average molecular weight is 483 g/mol. The smallest absolute Gasteiger partial charge is 0.00270 e. The lowest BCUT2D eigenvalue weighted by molar-refractivity contribution is 0.0765. The van der Waals surface area contributed by atoms with E-state index >= 15 is 0 Å². The Balaban J connectivity index is 0.000000179. The Bertz CT molecular complexity index is 1230. The van der Waals surface area contributed by atoms with Crippen LogP contribution in [0.4, 0.5) is 0 Å². The lowest BCUT2D eigenvalue weighted by Crippen LogP contribution is -2.39. The second-order valence-corrected chi connectivity index (χ2v) is 13.4. The number of hydrogen-bond donors (Lipinski definition) is 0. The molecule has 0 nitrogen and oxygen atoms in total. The van der Waals surface area contributed by atoms with Gasteiger partial charge in [0, 0.05) is 5.41 Å². The summed E-state index contributed by atoms with van der Waals surface area (Å²) >= 11 is 0. The topological polar surface area (TPSA) is 0 Å². The van der Waals surface area contributed by atoms with Crippen molar-refractivity contribution >= 4 is 0 Å². The minimum atomic E-state index is 0.382. The molecule has 0 aliphatic heterocycles. The zero-order chi connectivity index (χ0) is 26.9. The second kappa shape index (κ2) is 9.04. The summed E-state index contributed by atoms with van der Waals surface area (Å²) in [7, 11) is 0. The lowest BCUT2D eigenvalue weighted by atomic mass is 9.57. The summed E-state index contributed by atoms with van der Waals surface area (Å²) in [6, 6.07) is 0. The van der Waals surface area contributed by atoms with E-state index < -0.39 is 0 Å². The van der Waals surface area contributed by atoms with Crippen molar-refractivity contribution in [1.29, 1.82) is 0 Å². The summed E-state index contributed by atoms with van der Waals surface area (Å²) in [5.41, 5.74) is 22.3. The van der Waals surface area contributed by atoms with Crippen molar-refractivity contribution in [3.05, 3.63) is 78.9 Å². The molecule has 0 aromatic heterocycles. The van der Waals surface area contributed by atoms with Crippen molar-refractivity contribution < 1.29 is 0 Å². The van der Waals surface area contributed by atoms with Crippen molar-refractivity contribution in [2.75, 3.05) is 0 Å². The molecule has 2 aromatic rings. The number of fused-ring (bicyclic) bond motifs is 3. The van der Waals surface area contributed by atoms with Gasteiger partial charge in [-0.2, -0.15) is 0 Å². The molecule has 36 heavy (non-hydrogen) atoms. The first kappa shape index (κ1) is 27.0. The fourth-order valence-corrected chi connectivity index (χ4v) is 8.05. The van der Waals surface area contributed by atoms with Gasteiger partial charge in [-0.25, -0.2) is 0 Å². The van der Waals surface area contributed by atoms with E-state index in [1.807, 2.05) is 0 Å². The Morgan fingerprint density at radius 1 is 0.667 bits per heavy atom. The van der Waals surface area contributed by atoms with Crippen molar-refractivity contribution in [1.82, 2.24) is 0 Å². The van der Waals surface area contributed by atoms with Crippen molar-refractivity contribution in [2.45, 2.75) is 116 Å². The molecule has 0 spiro atoms. The molecule has 0 bridgehead atoms. The highest BCUT2D eigenvalue weighted by molar-refractivity contribution is 5.86. The van der Waals surface area contributed by atoms with Crippen molar-refractivity contribution in [2.24, 2.45) is 16.7 Å². The van der Waals surface area contributed by atoms with E-state index in [1.165, 1.54) is 74.9 Å². The molecule has 0 radical (unpaired) electrons. The van der Waals surface area contributed by atoms with Crippen LogP contribution in [0.3, 0.4) is 0 Å². The van der Waals surface area contributed by atoms with Gasteiger partial charge in [-0.15, -0.1) is 0 Å². The summed E-state index contributed by atoms with van der Waals surface area (Å²) in [6.45, 7) is 30.3. The van der Waals surface area contributed by atoms with E-state index in [2.05, 4.69) is 102 Å². The molecule has 0 amide bonds. The highest BCUT2D eigenvalue weighted by atomic mass is 14.5. The SMILES string of the molecule is CC(C)C1(C(C)(C)C)CCC2=C1C=CC2.Cc1c(C)c(C)c2c(c1C)Cc1c(C)c(C)c(C)c(C)c1-2. The zero-order valence-electron chi connectivity index (χ0n) is 25.6. The van der Waals surface area contributed by atoms with Crippen molar-refractivity contribution in [3.63, 3.8) is 0 Å². The molecule has 194 valence electrons. The average Bonchev–Trinajstić information content (AvgIpc) is 3.52. The van der Waals surface area contributed by atoms with Gasteiger partial charge in [0.25, 0.3) is 0 Å². The van der Waals surface area contributed by atoms with Gasteiger partial charge in [-0.05, 0) is 165 Å². The van der Waals surface area contributed by atoms with Gasteiger partial charge < -0.3 is 0 Å². The van der Waals surface area contributed by atoms with Crippen LogP contribution in [-0.2, 0) is 6.42 Å². The Kier molecular flexibility index (Phi) is 6.77. The minimum absolute atomic E-state index is 0.382. The first-order valence-electron chi connectivity index (χ1n) is 14.2. The minimum Gasteiger partial charge on any atom is -0.0802 e. The molecule has 0 heteroatoms. The molecule has 0 saturated carbocycles. The Morgan fingerprint density at radius 2 is 1.11 bits per heavy atom. The van der Waals surface area contributed by atoms with Crippen LogP contribution in [0.5, 0.6) is 0 Å². The predicted molar refractivity (Wildman–Crippen MR) is 159 cm³/mol. The molecule has 3 aliphatic rings. The van der Waals surface area contributed by atoms with Crippen LogP contribution in [0.2, 0.25) is 0 Å². The summed E-state index contributed by atoms with van der Waals surface area (Å²) in [5, 5.41) is 0. The quantitative estimate of drug-likeness (QED) is 0.323. The summed E-state index contributed by atoms with van der Waals surface area (Å²) in [6.07, 6.45) is 9.80. The largest absolute Gasteiger partial charge is 0.0802 e. The summed E-state index contributed by atoms with van der Waals surface area (Å²) < 4.78 is 0. The molecular weight excluding hydrogens is 432 g/mol. The summed E-state index contributed by atoms with van der Waals surface area (Å²) in [5.74, 6) is 0.743. The van der Waals surface area contributed by atoms with E-state index in [1.54, 1.807) is 22.3 Å². The van der Waals surface area contributed by atoms with E-state index in [9.17, 15) is 0 Å². The fraction of sp³-hybridized carbons (Fsp3) is 0.556. The van der Waals surface area contributed by atoms with Crippen LogP contribution in [0.15, 0.2) is 23.3 Å². The normalized spacial score (nSPS) is 20.1. The third kappa shape index (κ3) is 3.69. The van der Waals surface area contributed by atoms with Gasteiger partial charge in [0.1, 0.15) is 0 Å². The molecule has 0 N–H and O–H groups in total. The highest BCUT2D eigenvalue weighted by Gasteiger charge is 2.50. The summed E-state index contributed by atoms with van der Waals surface area (Å²) in [4.78, 5) is 0. The number of rotatable bonds is 1. The molecule has 1 unspecified atom stereocenters. The number of benzene rings is 2. The maximum atomic E-state index is 2.41. The van der Waals surface area contributed by atoms with E-state index in [4.69, 9.17) is 0 Å². The molecule has 0 fully saturated rings. The molecule has 3 aliphatic carbocycles. The number of allylic oxidation sites excluding steroid dienone is 4. The molecule has 5 rings (SSSR count). The van der Waals surface area contributed by atoms with Crippen LogP contribution < -0.4 is 0 Å². The predicted octanol–water partition coefficient (Wildman–Crippen LogP) is 10.5. The van der Waals surface area contributed by atoms with Gasteiger partial charge in [0.2, 0.25) is 0 Å². The first-order chi connectivity index (χ1) is 16.7. The zero-order valence-corrected chi connectivity index (χ0v) is 25.6. The van der Waals surface area contributed by atoms with E-state index in [-0.39, 0.29) is 0 Å². The van der Waals surface area contributed by atoms with Crippen molar-refractivity contribution in [3.8, 4) is 11.1 Å². The molecular formula is C36H50. The Morgan fingerprint density at radius 3 is 1.53 bits per heavy atom. The molecule has 0 heterocycles. The first-order valence-corrected chi connectivity index (χ1v) is 14.2. The standard InChI is InChI=1S/C21H26.C15H24/c1-10-12(3)16(7)20-18(14(10)5)9-19-15(6)11(2)13(4)17(8)21(19)20;1-11(2)15(14(3,4)5)10-9-12-7-6-8-13(12)15/h9H2,1-8H3;6,8,11H,7,9-10H2,1-5H3. The van der Waals surface area contributed by atoms with Gasteiger partial charge in [0.15, 0.2) is 0 Å².